The SMILES string of the molecule is O=C(CC1CCNCC1)Nc1cncc(-c2ccc3[nH]nc(-c4cc5c(-c6ccsc6)cncc5[nH]4)c3c2)c1. The minimum atomic E-state index is 0.0449. The van der Waals surface area contributed by atoms with Gasteiger partial charge in [0.05, 0.1) is 34.8 Å². The molecule has 194 valence electrons. The summed E-state index contributed by atoms with van der Waals surface area (Å²) in [5.74, 6) is 0.481. The molecule has 0 unspecified atom stereocenters. The third-order valence-electron chi connectivity index (χ3n) is 7.48. The number of nitrogens with zero attached hydrogens (tertiary/aromatic N) is 3. The lowest BCUT2D eigenvalue weighted by Gasteiger charge is -2.21. The zero-order valence-electron chi connectivity index (χ0n) is 21.2. The number of H-pyrrole nitrogens is 2. The third kappa shape index (κ3) is 4.71. The van der Waals surface area contributed by atoms with Gasteiger partial charge in [-0.25, -0.2) is 0 Å². The number of carbonyl (C=O) groups is 1. The summed E-state index contributed by atoms with van der Waals surface area (Å²) in [7, 11) is 0. The van der Waals surface area contributed by atoms with E-state index in [2.05, 4.69) is 64.7 Å². The molecule has 6 aromatic rings. The number of rotatable bonds is 6. The van der Waals surface area contributed by atoms with E-state index in [0.717, 1.165) is 81.4 Å². The fraction of sp³-hybridized carbons (Fsp3) is 0.200. The molecule has 7 rings (SSSR count). The van der Waals surface area contributed by atoms with Gasteiger partial charge in [-0.3, -0.25) is 19.9 Å². The van der Waals surface area contributed by atoms with E-state index in [1.54, 1.807) is 17.5 Å². The average Bonchev–Trinajstić information content (AvgIpc) is 3.73. The molecule has 1 fully saturated rings. The summed E-state index contributed by atoms with van der Waals surface area (Å²) >= 11 is 1.67. The van der Waals surface area contributed by atoms with Crippen molar-refractivity contribution in [1.29, 1.82) is 0 Å². The molecule has 0 spiro atoms. The number of amides is 1. The van der Waals surface area contributed by atoms with Crippen LogP contribution in [0.25, 0.3) is 55.4 Å². The minimum absolute atomic E-state index is 0.0449. The molecule has 1 saturated heterocycles. The van der Waals surface area contributed by atoms with Crippen molar-refractivity contribution in [2.45, 2.75) is 19.3 Å². The minimum Gasteiger partial charge on any atom is -0.352 e. The first-order valence-corrected chi connectivity index (χ1v) is 14.1. The molecule has 6 heterocycles. The number of aromatic nitrogens is 5. The van der Waals surface area contributed by atoms with Crippen molar-refractivity contribution in [3.63, 3.8) is 0 Å². The molecular weight excluding hydrogens is 506 g/mol. The van der Waals surface area contributed by atoms with Crippen LogP contribution in [0.1, 0.15) is 19.3 Å². The average molecular weight is 534 g/mol. The van der Waals surface area contributed by atoms with Gasteiger partial charge >= 0.3 is 0 Å². The summed E-state index contributed by atoms with van der Waals surface area (Å²) in [5, 5.41) is 20.5. The van der Waals surface area contributed by atoms with Crippen molar-refractivity contribution >= 4 is 44.7 Å². The summed E-state index contributed by atoms with van der Waals surface area (Å²) in [6.07, 6.45) is 9.92. The first-order valence-electron chi connectivity index (χ1n) is 13.1. The van der Waals surface area contributed by atoms with Gasteiger partial charge in [0.2, 0.25) is 5.91 Å². The number of thiophene rings is 1. The fourth-order valence-corrected chi connectivity index (χ4v) is 6.11. The van der Waals surface area contributed by atoms with E-state index >= 15 is 0 Å². The lowest BCUT2D eigenvalue weighted by atomic mass is 9.94. The highest BCUT2D eigenvalue weighted by molar-refractivity contribution is 7.08. The van der Waals surface area contributed by atoms with Gasteiger partial charge in [0, 0.05) is 40.7 Å². The van der Waals surface area contributed by atoms with E-state index in [-0.39, 0.29) is 5.91 Å². The van der Waals surface area contributed by atoms with Crippen molar-refractivity contribution in [2.24, 2.45) is 5.92 Å². The second-order valence-electron chi connectivity index (χ2n) is 10.1. The maximum atomic E-state index is 12.7. The number of anilines is 1. The highest BCUT2D eigenvalue weighted by Crippen LogP contribution is 2.35. The maximum Gasteiger partial charge on any atom is 0.224 e. The molecule has 1 amide bonds. The first-order chi connectivity index (χ1) is 19.2. The van der Waals surface area contributed by atoms with Gasteiger partial charge in [0.15, 0.2) is 0 Å². The maximum absolute atomic E-state index is 12.7. The highest BCUT2D eigenvalue weighted by Gasteiger charge is 2.18. The van der Waals surface area contributed by atoms with Crippen molar-refractivity contribution in [3.8, 4) is 33.6 Å². The Bertz CT molecular complexity index is 1780. The largest absolute Gasteiger partial charge is 0.352 e. The smallest absolute Gasteiger partial charge is 0.224 e. The Hall–Kier alpha value is -4.34. The number of carbonyl (C=O) groups excluding carboxylic acids is 1. The van der Waals surface area contributed by atoms with Crippen LogP contribution in [0.2, 0.25) is 0 Å². The van der Waals surface area contributed by atoms with Crippen LogP contribution in [0.15, 0.2) is 71.9 Å². The van der Waals surface area contributed by atoms with E-state index in [1.807, 2.05) is 36.8 Å². The molecule has 8 nitrogen and oxygen atoms in total. The van der Waals surface area contributed by atoms with E-state index < -0.39 is 0 Å². The van der Waals surface area contributed by atoms with Crippen LogP contribution >= 0.6 is 11.3 Å². The number of pyridine rings is 2. The Balaban J connectivity index is 1.19. The molecule has 5 aromatic heterocycles. The van der Waals surface area contributed by atoms with Gasteiger partial charge in [-0.1, -0.05) is 6.07 Å². The van der Waals surface area contributed by atoms with Gasteiger partial charge in [-0.05, 0) is 84.1 Å². The fourth-order valence-electron chi connectivity index (χ4n) is 5.45. The zero-order chi connectivity index (χ0) is 26.2. The number of hydrogen-bond acceptors (Lipinski definition) is 6. The van der Waals surface area contributed by atoms with E-state index in [1.165, 1.54) is 0 Å². The number of benzene rings is 1. The summed E-state index contributed by atoms with van der Waals surface area (Å²) in [5.41, 5.74) is 8.60. The monoisotopic (exact) mass is 533 g/mol. The van der Waals surface area contributed by atoms with Gasteiger partial charge in [0.25, 0.3) is 0 Å². The molecule has 1 aliphatic rings. The predicted molar refractivity (Wildman–Crippen MR) is 157 cm³/mol. The second-order valence-corrected chi connectivity index (χ2v) is 10.9. The molecular formula is C30H27N7OS. The van der Waals surface area contributed by atoms with Crippen molar-refractivity contribution in [2.75, 3.05) is 18.4 Å². The Morgan fingerprint density at radius 2 is 1.82 bits per heavy atom. The number of piperidine rings is 1. The Labute approximate surface area is 228 Å². The van der Waals surface area contributed by atoms with E-state index in [4.69, 9.17) is 0 Å². The van der Waals surface area contributed by atoms with Crippen LogP contribution < -0.4 is 10.6 Å². The molecule has 1 aromatic carbocycles. The lowest BCUT2D eigenvalue weighted by molar-refractivity contribution is -0.117. The molecule has 0 radical (unpaired) electrons. The third-order valence-corrected chi connectivity index (χ3v) is 8.17. The van der Waals surface area contributed by atoms with Crippen LogP contribution in [0, 0.1) is 5.92 Å². The van der Waals surface area contributed by atoms with Gasteiger partial charge in [-0.2, -0.15) is 16.4 Å². The van der Waals surface area contributed by atoms with Crippen LogP contribution in [0.4, 0.5) is 5.69 Å². The second kappa shape index (κ2) is 10.1. The Kier molecular flexibility index (Phi) is 6.14. The Morgan fingerprint density at radius 1 is 0.923 bits per heavy atom. The van der Waals surface area contributed by atoms with Gasteiger partial charge in [0.1, 0.15) is 5.69 Å². The lowest BCUT2D eigenvalue weighted by Crippen LogP contribution is -2.30. The van der Waals surface area contributed by atoms with Crippen LogP contribution in [-0.2, 0) is 4.79 Å². The quantitative estimate of drug-likeness (QED) is 0.203. The van der Waals surface area contributed by atoms with E-state index in [9.17, 15) is 4.79 Å². The van der Waals surface area contributed by atoms with Crippen LogP contribution in [0.5, 0.6) is 0 Å². The molecule has 0 atom stereocenters. The molecule has 39 heavy (non-hydrogen) atoms. The van der Waals surface area contributed by atoms with Crippen molar-refractivity contribution < 1.29 is 4.79 Å². The number of aromatic amines is 2. The molecule has 1 aliphatic heterocycles. The molecule has 4 N–H and O–H groups in total. The summed E-state index contributed by atoms with van der Waals surface area (Å²) in [6.45, 7) is 1.97. The number of hydrogen-bond donors (Lipinski definition) is 4. The van der Waals surface area contributed by atoms with Crippen LogP contribution in [-0.4, -0.2) is 44.1 Å². The number of nitrogens with one attached hydrogen (secondary N) is 4. The zero-order valence-corrected chi connectivity index (χ0v) is 22.0. The van der Waals surface area contributed by atoms with Crippen molar-refractivity contribution in [3.05, 3.63) is 71.9 Å². The summed E-state index contributed by atoms with van der Waals surface area (Å²) in [4.78, 5) is 25.0. The molecule has 0 bridgehead atoms. The summed E-state index contributed by atoms with van der Waals surface area (Å²) in [6, 6.07) is 12.4. The Morgan fingerprint density at radius 3 is 2.69 bits per heavy atom. The molecule has 0 saturated carbocycles. The summed E-state index contributed by atoms with van der Waals surface area (Å²) < 4.78 is 0. The van der Waals surface area contributed by atoms with Crippen LogP contribution in [0.3, 0.4) is 0 Å². The molecule has 0 aliphatic carbocycles. The standard InChI is InChI=1S/C30H27N7OS/c38-29(9-18-3-6-31-7-4-18)34-22-10-21(13-32-14-22)19-1-2-26-24(11-19)30(37-36-26)27-12-23-25(20-5-8-39-17-20)15-33-16-28(23)35-27/h1-2,5,8,10-18,31,35H,3-4,6-7,9H2,(H,34,38)(H,36,37). The first kappa shape index (κ1) is 23.8. The van der Waals surface area contributed by atoms with E-state index in [0.29, 0.717) is 18.0 Å². The topological polar surface area (TPSA) is 111 Å². The van der Waals surface area contributed by atoms with Gasteiger partial charge in [-0.15, -0.1) is 0 Å². The van der Waals surface area contributed by atoms with Gasteiger partial charge < -0.3 is 15.6 Å². The molecule has 9 heteroatoms. The highest BCUT2D eigenvalue weighted by atomic mass is 32.1. The predicted octanol–water partition coefficient (Wildman–Crippen LogP) is 6.22. The number of fused-ring (bicyclic) bond motifs is 2. The van der Waals surface area contributed by atoms with Crippen molar-refractivity contribution in [1.82, 2.24) is 30.5 Å². The normalized spacial score (nSPS) is 14.3.